The summed E-state index contributed by atoms with van der Waals surface area (Å²) in [6.07, 6.45) is -1.73. The van der Waals surface area contributed by atoms with E-state index in [1.807, 2.05) is 0 Å². The summed E-state index contributed by atoms with van der Waals surface area (Å²) in [5.74, 6) is -5.07. The van der Waals surface area contributed by atoms with Crippen molar-refractivity contribution >= 4 is 35.0 Å². The van der Waals surface area contributed by atoms with Crippen LogP contribution in [0.4, 0.5) is 18.9 Å². The van der Waals surface area contributed by atoms with Gasteiger partial charge in [-0.15, -0.1) is 11.8 Å². The molecule has 2 aliphatic heterocycles. The van der Waals surface area contributed by atoms with Gasteiger partial charge in [0.1, 0.15) is 12.2 Å². The lowest BCUT2D eigenvalue weighted by molar-refractivity contribution is -0.0244. The number of halogens is 4. The second kappa shape index (κ2) is 8.39. The van der Waals surface area contributed by atoms with Gasteiger partial charge in [-0.2, -0.15) is 0 Å². The van der Waals surface area contributed by atoms with Crippen molar-refractivity contribution in [3.8, 4) is 0 Å². The standard InChI is InChI=1S/C20H17ClF3NO4S/c21-11-2-1-8(20(28)25-9-4-12(22)17(24)13(23)5-9)3-16(11)30-10-6-14-18(26)19(27)15(7-10)29-14/h1-5,10,14-15,18-19,26-27H,6-7H2,(H,25,28). The van der Waals surface area contributed by atoms with Crippen LogP contribution >= 0.6 is 23.4 Å². The average Bonchev–Trinajstić information content (AvgIpc) is 2.90. The molecule has 10 heteroatoms. The molecule has 0 aromatic heterocycles. The average molecular weight is 460 g/mol. The van der Waals surface area contributed by atoms with Crippen molar-refractivity contribution < 1.29 is 32.9 Å². The number of rotatable bonds is 4. The summed E-state index contributed by atoms with van der Waals surface area (Å²) in [6.45, 7) is 0. The van der Waals surface area contributed by atoms with Crippen molar-refractivity contribution in [2.45, 2.75) is 47.4 Å². The maximum atomic E-state index is 13.4. The SMILES string of the molecule is O=C(Nc1cc(F)c(F)c(F)c1)c1ccc(Cl)c(SC2CC3OC(C2)C(O)C3O)c1. The summed E-state index contributed by atoms with van der Waals surface area (Å²) >= 11 is 7.67. The highest BCUT2D eigenvalue weighted by atomic mass is 35.5. The van der Waals surface area contributed by atoms with E-state index in [0.29, 0.717) is 34.9 Å². The van der Waals surface area contributed by atoms with Gasteiger partial charge in [0, 0.05) is 33.5 Å². The molecule has 2 heterocycles. The number of carbonyl (C=O) groups is 1. The van der Waals surface area contributed by atoms with Crippen molar-refractivity contribution in [1.29, 1.82) is 0 Å². The maximum absolute atomic E-state index is 13.4. The van der Waals surface area contributed by atoms with Gasteiger partial charge in [-0.25, -0.2) is 13.2 Å². The normalized spacial score (nSPS) is 27.9. The van der Waals surface area contributed by atoms with Gasteiger partial charge >= 0.3 is 0 Å². The van der Waals surface area contributed by atoms with Crippen LogP contribution in [0.25, 0.3) is 0 Å². The molecule has 0 radical (unpaired) electrons. The molecule has 3 N–H and O–H groups in total. The molecule has 0 saturated carbocycles. The Balaban J connectivity index is 1.49. The van der Waals surface area contributed by atoms with Crippen molar-refractivity contribution in [1.82, 2.24) is 0 Å². The molecule has 1 amide bonds. The quantitative estimate of drug-likeness (QED) is 0.607. The molecular weight excluding hydrogens is 443 g/mol. The lowest BCUT2D eigenvalue weighted by atomic mass is 10.1. The minimum atomic E-state index is -1.61. The summed E-state index contributed by atoms with van der Waals surface area (Å²) in [5, 5.41) is 22.7. The van der Waals surface area contributed by atoms with E-state index in [9.17, 15) is 28.2 Å². The smallest absolute Gasteiger partial charge is 0.255 e. The fourth-order valence-corrected chi connectivity index (χ4v) is 5.23. The Morgan fingerprint density at radius 1 is 1.07 bits per heavy atom. The van der Waals surface area contributed by atoms with Crippen LogP contribution in [-0.2, 0) is 4.74 Å². The van der Waals surface area contributed by atoms with Gasteiger partial charge in [0.05, 0.1) is 17.2 Å². The predicted molar refractivity (Wildman–Crippen MR) is 105 cm³/mol. The second-order valence-corrected chi connectivity index (χ2v) is 9.01. The Bertz CT molecular complexity index is 956. The number of hydrogen-bond donors (Lipinski definition) is 3. The van der Waals surface area contributed by atoms with E-state index >= 15 is 0 Å². The molecule has 4 rings (SSSR count). The molecule has 2 aliphatic rings. The predicted octanol–water partition coefficient (Wildman–Crippen LogP) is 3.75. The number of hydrogen-bond acceptors (Lipinski definition) is 5. The number of nitrogens with one attached hydrogen (secondary N) is 1. The zero-order valence-electron chi connectivity index (χ0n) is 15.3. The molecule has 0 spiro atoms. The van der Waals surface area contributed by atoms with Gasteiger partial charge in [-0.3, -0.25) is 4.79 Å². The van der Waals surface area contributed by atoms with E-state index in [1.165, 1.54) is 23.9 Å². The van der Waals surface area contributed by atoms with Crippen LogP contribution in [0.3, 0.4) is 0 Å². The van der Waals surface area contributed by atoms with E-state index in [4.69, 9.17) is 16.3 Å². The molecule has 5 nitrogen and oxygen atoms in total. The van der Waals surface area contributed by atoms with E-state index in [1.54, 1.807) is 6.07 Å². The lowest BCUT2D eigenvalue weighted by Crippen LogP contribution is -2.30. The second-order valence-electron chi connectivity index (χ2n) is 7.26. The van der Waals surface area contributed by atoms with Crippen LogP contribution in [0.1, 0.15) is 23.2 Å². The van der Waals surface area contributed by atoms with Gasteiger partial charge in [0.15, 0.2) is 17.5 Å². The van der Waals surface area contributed by atoms with Crippen LogP contribution in [-0.4, -0.2) is 45.8 Å². The van der Waals surface area contributed by atoms with Crippen LogP contribution < -0.4 is 5.32 Å². The Hall–Kier alpha value is -1.78. The number of aliphatic hydroxyl groups excluding tert-OH is 2. The van der Waals surface area contributed by atoms with Crippen LogP contribution in [0.5, 0.6) is 0 Å². The highest BCUT2D eigenvalue weighted by molar-refractivity contribution is 8.00. The summed E-state index contributed by atoms with van der Waals surface area (Å²) in [4.78, 5) is 13.1. The van der Waals surface area contributed by atoms with Gasteiger partial charge in [-0.1, -0.05) is 11.6 Å². The summed E-state index contributed by atoms with van der Waals surface area (Å²) < 4.78 is 45.4. The van der Waals surface area contributed by atoms with Gasteiger partial charge in [-0.05, 0) is 31.0 Å². The molecular formula is C20H17ClF3NO4S. The highest BCUT2D eigenvalue weighted by Gasteiger charge is 2.48. The van der Waals surface area contributed by atoms with Gasteiger partial charge in [0.2, 0.25) is 0 Å². The number of anilines is 1. The summed E-state index contributed by atoms with van der Waals surface area (Å²) in [5.41, 5.74) is -0.0216. The fraction of sp³-hybridized carbons (Fsp3) is 0.350. The number of ether oxygens (including phenoxy) is 1. The molecule has 2 fully saturated rings. The number of thioether (sulfide) groups is 1. The molecule has 2 aromatic rings. The lowest BCUT2D eigenvalue weighted by Gasteiger charge is -2.28. The topological polar surface area (TPSA) is 78.8 Å². The van der Waals surface area contributed by atoms with E-state index < -0.39 is 47.8 Å². The summed E-state index contributed by atoms with van der Waals surface area (Å²) in [7, 11) is 0. The van der Waals surface area contributed by atoms with Gasteiger partial charge < -0.3 is 20.3 Å². The number of fused-ring (bicyclic) bond motifs is 2. The van der Waals surface area contributed by atoms with Crippen molar-refractivity contribution in [2.24, 2.45) is 0 Å². The van der Waals surface area contributed by atoms with Crippen LogP contribution in [0, 0.1) is 17.5 Å². The highest BCUT2D eigenvalue weighted by Crippen LogP contribution is 2.42. The fourth-order valence-electron chi connectivity index (χ4n) is 3.67. The Kier molecular flexibility index (Phi) is 6.00. The molecule has 2 aromatic carbocycles. The minimum absolute atomic E-state index is 0.0108. The largest absolute Gasteiger partial charge is 0.388 e. The zero-order chi connectivity index (χ0) is 21.6. The monoisotopic (exact) mass is 459 g/mol. The first-order chi connectivity index (χ1) is 14.2. The summed E-state index contributed by atoms with van der Waals surface area (Å²) in [6, 6.07) is 5.91. The molecule has 0 aliphatic carbocycles. The number of aliphatic hydroxyl groups is 2. The van der Waals surface area contributed by atoms with E-state index in [-0.39, 0.29) is 16.5 Å². The molecule has 160 valence electrons. The zero-order valence-corrected chi connectivity index (χ0v) is 16.9. The maximum Gasteiger partial charge on any atom is 0.255 e. The first kappa shape index (κ1) is 21.5. The molecule has 4 atom stereocenters. The van der Waals surface area contributed by atoms with Crippen LogP contribution in [0.2, 0.25) is 5.02 Å². The Labute approximate surface area is 179 Å². The first-order valence-corrected chi connectivity index (χ1v) is 10.4. The van der Waals surface area contributed by atoms with Gasteiger partial charge in [0.25, 0.3) is 5.91 Å². The van der Waals surface area contributed by atoms with Crippen molar-refractivity contribution in [2.75, 3.05) is 5.32 Å². The van der Waals surface area contributed by atoms with Crippen LogP contribution in [0.15, 0.2) is 35.2 Å². The van der Waals surface area contributed by atoms with E-state index in [0.717, 1.165) is 0 Å². The van der Waals surface area contributed by atoms with E-state index in [2.05, 4.69) is 5.32 Å². The van der Waals surface area contributed by atoms with Crippen molar-refractivity contribution in [3.05, 3.63) is 58.4 Å². The molecule has 2 saturated heterocycles. The molecule has 2 bridgehead atoms. The first-order valence-electron chi connectivity index (χ1n) is 9.16. The third-order valence-electron chi connectivity index (χ3n) is 5.18. The third kappa shape index (κ3) is 4.17. The molecule has 30 heavy (non-hydrogen) atoms. The van der Waals surface area contributed by atoms with Crippen molar-refractivity contribution in [3.63, 3.8) is 0 Å². The number of benzene rings is 2. The number of carbonyl (C=O) groups excluding carboxylic acids is 1. The number of amides is 1. The Morgan fingerprint density at radius 3 is 2.27 bits per heavy atom. The third-order valence-corrected chi connectivity index (χ3v) is 6.93. The Morgan fingerprint density at radius 2 is 1.67 bits per heavy atom. The molecule has 4 unspecified atom stereocenters. The minimum Gasteiger partial charge on any atom is -0.388 e.